The Hall–Kier alpha value is -3.37. The number of carbonyl (C=O) groups is 1. The largest absolute Gasteiger partial charge is 0.497 e. The number of rotatable bonds is 4. The normalized spacial score (nSPS) is 15.0. The second kappa shape index (κ2) is 7.94. The third kappa shape index (κ3) is 3.93. The van der Waals surface area contributed by atoms with E-state index in [0.29, 0.717) is 16.6 Å². The fourth-order valence-corrected chi connectivity index (χ4v) is 3.23. The molecule has 0 fully saturated rings. The lowest BCUT2D eigenvalue weighted by molar-refractivity contribution is -0.113. The number of halogens is 1. The summed E-state index contributed by atoms with van der Waals surface area (Å²) in [5, 5.41) is 0.647. The van der Waals surface area contributed by atoms with Crippen LogP contribution in [-0.2, 0) is 4.79 Å². The summed E-state index contributed by atoms with van der Waals surface area (Å²) in [5.41, 5.74) is 3.99. The lowest BCUT2D eigenvalue weighted by Gasteiger charge is -2.19. The van der Waals surface area contributed by atoms with Crippen molar-refractivity contribution in [1.82, 2.24) is 0 Å². The number of anilines is 1. The smallest absolute Gasteiger partial charge is 0.282 e. The van der Waals surface area contributed by atoms with Gasteiger partial charge in [0.2, 0.25) is 0 Å². The van der Waals surface area contributed by atoms with Gasteiger partial charge in [0.25, 0.3) is 5.91 Å². The Balaban J connectivity index is 1.79. The van der Waals surface area contributed by atoms with Gasteiger partial charge in [0.05, 0.1) is 12.8 Å². The predicted octanol–water partition coefficient (Wildman–Crippen LogP) is 5.49. The van der Waals surface area contributed by atoms with Gasteiger partial charge in [-0.1, -0.05) is 53.6 Å². The van der Waals surface area contributed by atoms with Gasteiger partial charge in [0.1, 0.15) is 17.3 Å². The SMILES string of the molecule is COc1ccc(N2C(=O)/C(=C\c3ccc(Cl)cc3)N=C2c2ccc(C)cc2)cc1. The first-order chi connectivity index (χ1) is 14.0. The van der Waals surface area contributed by atoms with E-state index in [-0.39, 0.29) is 5.91 Å². The first-order valence-electron chi connectivity index (χ1n) is 9.16. The van der Waals surface area contributed by atoms with E-state index < -0.39 is 0 Å². The molecule has 1 aliphatic heterocycles. The quantitative estimate of drug-likeness (QED) is 0.541. The molecule has 29 heavy (non-hydrogen) atoms. The highest BCUT2D eigenvalue weighted by Gasteiger charge is 2.32. The maximum Gasteiger partial charge on any atom is 0.282 e. The summed E-state index contributed by atoms with van der Waals surface area (Å²) in [4.78, 5) is 19.6. The summed E-state index contributed by atoms with van der Waals surface area (Å²) < 4.78 is 5.24. The van der Waals surface area contributed by atoms with E-state index in [9.17, 15) is 4.79 Å². The monoisotopic (exact) mass is 402 g/mol. The summed E-state index contributed by atoms with van der Waals surface area (Å²) in [6.45, 7) is 2.03. The molecule has 0 saturated carbocycles. The summed E-state index contributed by atoms with van der Waals surface area (Å²) >= 11 is 5.97. The van der Waals surface area contributed by atoms with Gasteiger partial charge < -0.3 is 4.74 Å². The molecule has 5 heteroatoms. The summed E-state index contributed by atoms with van der Waals surface area (Å²) in [7, 11) is 1.61. The number of ether oxygens (including phenoxy) is 1. The van der Waals surface area contributed by atoms with Crippen molar-refractivity contribution in [3.63, 3.8) is 0 Å². The molecular formula is C24H19ClN2O2. The van der Waals surface area contributed by atoms with Crippen LogP contribution in [0.1, 0.15) is 16.7 Å². The summed E-state index contributed by atoms with van der Waals surface area (Å²) in [6.07, 6.45) is 1.77. The minimum Gasteiger partial charge on any atom is -0.497 e. The number of nitrogens with zero attached hydrogens (tertiary/aromatic N) is 2. The lowest BCUT2D eigenvalue weighted by atomic mass is 10.1. The number of hydrogen-bond acceptors (Lipinski definition) is 3. The molecule has 0 spiro atoms. The van der Waals surface area contributed by atoms with Crippen LogP contribution in [0.25, 0.3) is 6.08 Å². The minimum atomic E-state index is -0.180. The van der Waals surface area contributed by atoms with Gasteiger partial charge >= 0.3 is 0 Å². The number of carbonyl (C=O) groups excluding carboxylic acids is 1. The van der Waals surface area contributed by atoms with Gasteiger partial charge in [0.15, 0.2) is 0 Å². The number of aryl methyl sites for hydroxylation is 1. The Morgan fingerprint density at radius 3 is 2.21 bits per heavy atom. The highest BCUT2D eigenvalue weighted by molar-refractivity contribution is 6.33. The zero-order valence-electron chi connectivity index (χ0n) is 16.1. The van der Waals surface area contributed by atoms with Crippen LogP contribution in [0.2, 0.25) is 5.02 Å². The van der Waals surface area contributed by atoms with Crippen molar-refractivity contribution < 1.29 is 9.53 Å². The van der Waals surface area contributed by atoms with Crippen molar-refractivity contribution in [2.45, 2.75) is 6.92 Å². The average Bonchev–Trinajstić information content (AvgIpc) is 3.06. The lowest BCUT2D eigenvalue weighted by Crippen LogP contribution is -2.32. The Bertz CT molecular complexity index is 1100. The second-order valence-electron chi connectivity index (χ2n) is 6.72. The molecule has 3 aromatic rings. The molecule has 0 saturated heterocycles. The van der Waals surface area contributed by atoms with E-state index in [4.69, 9.17) is 16.3 Å². The third-order valence-electron chi connectivity index (χ3n) is 4.67. The Kier molecular flexibility index (Phi) is 5.19. The minimum absolute atomic E-state index is 0.180. The molecular weight excluding hydrogens is 384 g/mol. The zero-order chi connectivity index (χ0) is 20.4. The highest BCUT2D eigenvalue weighted by atomic mass is 35.5. The van der Waals surface area contributed by atoms with Crippen molar-refractivity contribution >= 4 is 35.1 Å². The number of benzene rings is 3. The highest BCUT2D eigenvalue weighted by Crippen LogP contribution is 2.29. The number of amidine groups is 1. The standard InChI is InChI=1S/C24H19ClN2O2/c1-16-3-7-18(8-4-16)23-26-22(15-17-5-9-19(25)10-6-17)24(28)27(23)20-11-13-21(29-2)14-12-20/h3-15H,1-2H3/b22-15+. The molecule has 0 N–H and O–H groups in total. The van der Waals surface area contributed by atoms with Gasteiger partial charge in [-0.05, 0) is 55.0 Å². The third-order valence-corrected chi connectivity index (χ3v) is 4.93. The van der Waals surface area contributed by atoms with E-state index in [0.717, 1.165) is 28.1 Å². The molecule has 0 aromatic heterocycles. The van der Waals surface area contributed by atoms with Gasteiger partial charge in [-0.3, -0.25) is 9.69 Å². The molecule has 1 amide bonds. The molecule has 0 radical (unpaired) electrons. The molecule has 144 valence electrons. The number of methoxy groups -OCH3 is 1. The van der Waals surface area contributed by atoms with Crippen LogP contribution in [0.15, 0.2) is 83.5 Å². The van der Waals surface area contributed by atoms with Gasteiger partial charge in [-0.15, -0.1) is 0 Å². The first kappa shape index (κ1) is 19.0. The molecule has 4 rings (SSSR count). The maximum absolute atomic E-state index is 13.3. The maximum atomic E-state index is 13.3. The van der Waals surface area contributed by atoms with Gasteiger partial charge in [-0.2, -0.15) is 0 Å². The van der Waals surface area contributed by atoms with E-state index >= 15 is 0 Å². The molecule has 0 atom stereocenters. The van der Waals surface area contributed by atoms with Crippen molar-refractivity contribution in [2.24, 2.45) is 4.99 Å². The van der Waals surface area contributed by atoms with E-state index in [1.807, 2.05) is 67.6 Å². The molecule has 3 aromatic carbocycles. The van der Waals surface area contributed by atoms with Crippen LogP contribution in [0.4, 0.5) is 5.69 Å². The molecule has 4 nitrogen and oxygen atoms in total. The fraction of sp³-hybridized carbons (Fsp3) is 0.0833. The van der Waals surface area contributed by atoms with Gasteiger partial charge in [-0.25, -0.2) is 4.99 Å². The number of amides is 1. The second-order valence-corrected chi connectivity index (χ2v) is 7.16. The first-order valence-corrected chi connectivity index (χ1v) is 9.54. The van der Waals surface area contributed by atoms with Crippen LogP contribution < -0.4 is 9.64 Å². The molecule has 1 aliphatic rings. The van der Waals surface area contributed by atoms with Crippen LogP contribution in [-0.4, -0.2) is 18.9 Å². The van der Waals surface area contributed by atoms with Crippen molar-refractivity contribution in [2.75, 3.05) is 12.0 Å². The van der Waals surface area contributed by atoms with E-state index in [2.05, 4.69) is 4.99 Å². The molecule has 0 aliphatic carbocycles. The van der Waals surface area contributed by atoms with Crippen molar-refractivity contribution in [1.29, 1.82) is 0 Å². The fourth-order valence-electron chi connectivity index (χ4n) is 3.10. The van der Waals surface area contributed by atoms with Crippen molar-refractivity contribution in [3.8, 4) is 5.75 Å². The number of aliphatic imine (C=N–C) groups is 1. The van der Waals surface area contributed by atoms with Crippen LogP contribution in [0.5, 0.6) is 5.75 Å². The van der Waals surface area contributed by atoms with Crippen LogP contribution in [0.3, 0.4) is 0 Å². The molecule has 0 bridgehead atoms. The average molecular weight is 403 g/mol. The molecule has 0 unspecified atom stereocenters. The van der Waals surface area contributed by atoms with Crippen LogP contribution in [0, 0.1) is 6.92 Å². The Labute approximate surface area is 174 Å². The summed E-state index contributed by atoms with van der Waals surface area (Å²) in [6, 6.07) is 22.6. The predicted molar refractivity (Wildman–Crippen MR) is 118 cm³/mol. The van der Waals surface area contributed by atoms with Crippen LogP contribution >= 0.6 is 11.6 Å². The topological polar surface area (TPSA) is 41.9 Å². The molecule has 1 heterocycles. The van der Waals surface area contributed by atoms with E-state index in [1.54, 1.807) is 30.2 Å². The number of hydrogen-bond donors (Lipinski definition) is 0. The Morgan fingerprint density at radius 1 is 0.931 bits per heavy atom. The van der Waals surface area contributed by atoms with Crippen molar-refractivity contribution in [3.05, 3.63) is 100 Å². The van der Waals surface area contributed by atoms with Gasteiger partial charge in [0, 0.05) is 10.6 Å². The Morgan fingerprint density at radius 2 is 1.59 bits per heavy atom. The zero-order valence-corrected chi connectivity index (χ0v) is 16.9. The summed E-state index contributed by atoms with van der Waals surface area (Å²) in [5.74, 6) is 1.15. The van der Waals surface area contributed by atoms with E-state index in [1.165, 1.54) is 0 Å².